The van der Waals surface area contributed by atoms with E-state index in [1.165, 1.54) is 14.2 Å². The number of methoxy groups -OCH3 is 1. The van der Waals surface area contributed by atoms with E-state index in [4.69, 9.17) is 11.1 Å². The van der Waals surface area contributed by atoms with E-state index in [-0.39, 0.29) is 12.3 Å². The molecule has 0 aromatic rings. The van der Waals surface area contributed by atoms with E-state index >= 15 is 0 Å². The molecule has 0 bridgehead atoms. The van der Waals surface area contributed by atoms with Crippen LogP contribution in [0.2, 0.25) is 0 Å². The molecular weight excluding hydrogens is 162 g/mol. The first-order valence-electron chi connectivity index (χ1n) is 3.36. The summed E-state index contributed by atoms with van der Waals surface area (Å²) < 4.78 is 4.36. The van der Waals surface area contributed by atoms with Gasteiger partial charge in [0.25, 0.3) is 0 Å². The molecular formula is C6H13N3O3. The fraction of sp³-hybridized carbons (Fsp3) is 0.667. The van der Waals surface area contributed by atoms with E-state index in [0.717, 1.165) is 0 Å². The molecule has 0 aromatic heterocycles. The van der Waals surface area contributed by atoms with E-state index < -0.39 is 12.0 Å². The molecule has 0 amide bonds. The van der Waals surface area contributed by atoms with Crippen LogP contribution in [0.5, 0.6) is 0 Å². The number of hydrogen-bond acceptors (Lipinski definition) is 6. The number of carbonyl (C=O) groups excluding carboxylic acids is 1. The molecule has 70 valence electrons. The highest BCUT2D eigenvalue weighted by Gasteiger charge is 2.15. The third-order valence-electron chi connectivity index (χ3n) is 1.16. The smallest absolute Gasteiger partial charge is 0.307 e. The van der Waals surface area contributed by atoms with Gasteiger partial charge < -0.3 is 15.3 Å². The molecule has 12 heavy (non-hydrogen) atoms. The lowest BCUT2D eigenvalue weighted by Gasteiger charge is -2.10. The van der Waals surface area contributed by atoms with Gasteiger partial charge in [-0.3, -0.25) is 10.2 Å². The maximum Gasteiger partial charge on any atom is 0.307 e. The Balaban J connectivity index is 3.78. The van der Waals surface area contributed by atoms with Gasteiger partial charge in [0.15, 0.2) is 0 Å². The van der Waals surface area contributed by atoms with Crippen LogP contribution < -0.4 is 11.2 Å². The Labute approximate surface area is 70.5 Å². The first kappa shape index (κ1) is 10.9. The minimum atomic E-state index is -0.759. The molecule has 0 spiro atoms. The van der Waals surface area contributed by atoms with Crippen molar-refractivity contribution < 1.29 is 14.4 Å². The molecule has 4 N–H and O–H groups in total. The SMILES string of the molecule is CNOC(=N)[C@@H](N)CC(=O)OC. The molecule has 0 unspecified atom stereocenters. The van der Waals surface area contributed by atoms with Gasteiger partial charge in [0, 0.05) is 7.05 Å². The number of hydroxylamine groups is 1. The second-order valence-corrected chi connectivity index (χ2v) is 2.06. The average Bonchev–Trinajstić information content (AvgIpc) is 2.04. The Kier molecular flexibility index (Phi) is 4.98. The van der Waals surface area contributed by atoms with Gasteiger partial charge in [0.1, 0.15) is 0 Å². The fourth-order valence-corrected chi connectivity index (χ4v) is 0.541. The zero-order chi connectivity index (χ0) is 9.56. The van der Waals surface area contributed by atoms with Crippen molar-refractivity contribution in [2.24, 2.45) is 5.73 Å². The Hall–Kier alpha value is -1.14. The first-order valence-corrected chi connectivity index (χ1v) is 3.36. The Morgan fingerprint density at radius 2 is 2.33 bits per heavy atom. The zero-order valence-electron chi connectivity index (χ0n) is 7.09. The Bertz CT molecular complexity index is 171. The minimum Gasteiger partial charge on any atom is -0.469 e. The van der Waals surface area contributed by atoms with Crippen LogP contribution in [-0.2, 0) is 14.4 Å². The van der Waals surface area contributed by atoms with Crippen LogP contribution in [0.4, 0.5) is 0 Å². The van der Waals surface area contributed by atoms with Gasteiger partial charge in [0.2, 0.25) is 5.90 Å². The van der Waals surface area contributed by atoms with Crippen LogP contribution in [0, 0.1) is 5.41 Å². The summed E-state index contributed by atoms with van der Waals surface area (Å²) in [6.45, 7) is 0. The Morgan fingerprint density at radius 1 is 1.75 bits per heavy atom. The van der Waals surface area contributed by atoms with Crippen LogP contribution in [-0.4, -0.2) is 32.1 Å². The average molecular weight is 175 g/mol. The topological polar surface area (TPSA) is 97.4 Å². The van der Waals surface area contributed by atoms with E-state index in [9.17, 15) is 4.79 Å². The van der Waals surface area contributed by atoms with Gasteiger partial charge in [0.05, 0.1) is 19.6 Å². The van der Waals surface area contributed by atoms with E-state index in [1.54, 1.807) is 0 Å². The number of nitrogens with one attached hydrogen (secondary N) is 2. The lowest BCUT2D eigenvalue weighted by Crippen LogP contribution is -2.36. The van der Waals surface area contributed by atoms with Crippen LogP contribution in [0.15, 0.2) is 0 Å². The lowest BCUT2D eigenvalue weighted by atomic mass is 10.2. The van der Waals surface area contributed by atoms with Crippen molar-refractivity contribution in [3.05, 3.63) is 0 Å². The monoisotopic (exact) mass is 175 g/mol. The summed E-state index contributed by atoms with van der Waals surface area (Å²) in [5.74, 6) is -0.658. The number of esters is 1. The number of carbonyl (C=O) groups is 1. The second kappa shape index (κ2) is 5.50. The van der Waals surface area contributed by atoms with E-state index in [2.05, 4.69) is 15.1 Å². The number of rotatable bonds is 4. The molecule has 0 aromatic carbocycles. The molecule has 0 fully saturated rings. The number of hydrogen-bond donors (Lipinski definition) is 3. The van der Waals surface area contributed by atoms with Crippen molar-refractivity contribution in [2.45, 2.75) is 12.5 Å². The quantitative estimate of drug-likeness (QED) is 0.220. The zero-order valence-corrected chi connectivity index (χ0v) is 7.09. The van der Waals surface area contributed by atoms with Gasteiger partial charge in [-0.15, -0.1) is 0 Å². The van der Waals surface area contributed by atoms with Crippen LogP contribution in [0.1, 0.15) is 6.42 Å². The van der Waals surface area contributed by atoms with Crippen molar-refractivity contribution >= 4 is 11.9 Å². The predicted molar refractivity (Wildman–Crippen MR) is 42.5 cm³/mol. The molecule has 0 heterocycles. The molecule has 6 heteroatoms. The highest BCUT2D eigenvalue weighted by Crippen LogP contribution is 1.93. The molecule has 0 aliphatic carbocycles. The minimum absolute atomic E-state index is 0.0585. The van der Waals surface area contributed by atoms with Gasteiger partial charge in [-0.25, -0.2) is 0 Å². The summed E-state index contributed by atoms with van der Waals surface area (Å²) >= 11 is 0. The first-order chi connectivity index (χ1) is 5.61. The van der Waals surface area contributed by atoms with Crippen LogP contribution in [0.25, 0.3) is 0 Å². The summed E-state index contributed by atoms with van der Waals surface area (Å²) in [5.41, 5.74) is 7.67. The fourth-order valence-electron chi connectivity index (χ4n) is 0.541. The molecule has 0 rings (SSSR count). The maximum absolute atomic E-state index is 10.7. The highest BCUT2D eigenvalue weighted by atomic mass is 16.7. The van der Waals surface area contributed by atoms with Crippen molar-refractivity contribution in [1.29, 1.82) is 5.41 Å². The molecule has 0 aliphatic heterocycles. The van der Waals surface area contributed by atoms with Gasteiger partial charge in [-0.2, -0.15) is 5.48 Å². The summed E-state index contributed by atoms with van der Waals surface area (Å²) in [7, 11) is 2.76. The van der Waals surface area contributed by atoms with Gasteiger partial charge in [-0.05, 0) is 0 Å². The summed E-state index contributed by atoms with van der Waals surface area (Å²) in [6, 6.07) is -0.759. The highest BCUT2D eigenvalue weighted by molar-refractivity contribution is 5.84. The molecule has 1 atom stereocenters. The molecule has 0 saturated heterocycles. The number of nitrogens with two attached hydrogens (primary N) is 1. The maximum atomic E-state index is 10.7. The standard InChI is InChI=1S/C6H13N3O3/c1-9-12-6(8)4(7)3-5(10)11-2/h4,8-9H,3,7H2,1-2H3/t4-/m0/s1. The number of ether oxygens (including phenoxy) is 1. The van der Waals surface area contributed by atoms with Crippen molar-refractivity contribution in [3.63, 3.8) is 0 Å². The van der Waals surface area contributed by atoms with Crippen molar-refractivity contribution in [3.8, 4) is 0 Å². The summed E-state index contributed by atoms with van der Waals surface area (Å²) in [4.78, 5) is 15.2. The van der Waals surface area contributed by atoms with E-state index in [0.29, 0.717) is 0 Å². The van der Waals surface area contributed by atoms with Crippen molar-refractivity contribution in [2.75, 3.05) is 14.2 Å². The van der Waals surface area contributed by atoms with Gasteiger partial charge >= 0.3 is 5.97 Å². The summed E-state index contributed by atoms with van der Waals surface area (Å²) in [5, 5.41) is 7.15. The van der Waals surface area contributed by atoms with E-state index in [1.807, 2.05) is 0 Å². The molecule has 6 nitrogen and oxygen atoms in total. The third-order valence-corrected chi connectivity index (χ3v) is 1.16. The van der Waals surface area contributed by atoms with Crippen molar-refractivity contribution in [1.82, 2.24) is 5.48 Å². The normalized spacial score (nSPS) is 11.9. The predicted octanol–water partition coefficient (Wildman–Crippen LogP) is -0.995. The third kappa shape index (κ3) is 3.89. The molecule has 0 saturated carbocycles. The van der Waals surface area contributed by atoms with Crippen LogP contribution in [0.3, 0.4) is 0 Å². The Morgan fingerprint density at radius 3 is 2.75 bits per heavy atom. The molecule has 0 aliphatic rings. The summed E-state index contributed by atoms with van der Waals surface area (Å²) in [6.07, 6.45) is -0.0585. The largest absolute Gasteiger partial charge is 0.469 e. The van der Waals surface area contributed by atoms with Gasteiger partial charge in [-0.1, -0.05) is 0 Å². The van der Waals surface area contributed by atoms with Crippen LogP contribution >= 0.6 is 0 Å². The second-order valence-electron chi connectivity index (χ2n) is 2.06. The molecule has 0 radical (unpaired) electrons. The lowest BCUT2D eigenvalue weighted by molar-refractivity contribution is -0.140.